The van der Waals surface area contributed by atoms with Gasteiger partial charge in [-0.15, -0.1) is 0 Å². The van der Waals surface area contributed by atoms with Crippen molar-refractivity contribution in [3.8, 4) is 5.75 Å². The highest BCUT2D eigenvalue weighted by molar-refractivity contribution is 5.37. The molecule has 0 saturated carbocycles. The zero-order chi connectivity index (χ0) is 9.84. The van der Waals surface area contributed by atoms with Gasteiger partial charge in [0.15, 0.2) is 0 Å². The molecule has 0 aromatic carbocycles. The van der Waals surface area contributed by atoms with Gasteiger partial charge in [-0.1, -0.05) is 6.92 Å². The maximum absolute atomic E-state index is 5.60. The molecule has 1 aromatic rings. The van der Waals surface area contributed by atoms with E-state index in [-0.39, 0.29) is 0 Å². The number of ether oxygens (including phenoxy) is 1. The summed E-state index contributed by atoms with van der Waals surface area (Å²) in [6.45, 7) is 8.71. The molecule has 3 nitrogen and oxygen atoms in total. The van der Waals surface area contributed by atoms with E-state index in [9.17, 15) is 0 Å². The highest BCUT2D eigenvalue weighted by Crippen LogP contribution is 2.22. The Bertz CT molecular complexity index is 297. The van der Waals surface area contributed by atoms with E-state index in [1.54, 1.807) is 0 Å². The zero-order valence-electron chi connectivity index (χ0n) is 8.72. The molecule has 0 N–H and O–H groups in total. The molecule has 0 bridgehead atoms. The Balaban J connectivity index is 2.96. The van der Waals surface area contributed by atoms with Crippen LogP contribution in [0.3, 0.4) is 0 Å². The van der Waals surface area contributed by atoms with Crippen molar-refractivity contribution in [2.24, 2.45) is 0 Å². The van der Waals surface area contributed by atoms with Gasteiger partial charge in [-0.2, -0.15) is 10.2 Å². The van der Waals surface area contributed by atoms with Gasteiger partial charge >= 0.3 is 0 Å². The summed E-state index contributed by atoms with van der Waals surface area (Å²) in [6.07, 6.45) is 1.01. The third-order valence-electron chi connectivity index (χ3n) is 2.01. The summed E-state index contributed by atoms with van der Waals surface area (Å²) in [5, 5.41) is 8.03. The van der Waals surface area contributed by atoms with Crippen LogP contribution in [0.4, 0.5) is 0 Å². The fourth-order valence-electron chi connectivity index (χ4n) is 1.12. The van der Waals surface area contributed by atoms with Gasteiger partial charge < -0.3 is 4.74 Å². The number of hydrogen-bond donors (Lipinski definition) is 0. The van der Waals surface area contributed by atoms with Crippen molar-refractivity contribution in [3.63, 3.8) is 0 Å². The fourth-order valence-corrected chi connectivity index (χ4v) is 1.12. The van der Waals surface area contributed by atoms with Crippen LogP contribution in [0, 0.1) is 20.8 Å². The second-order valence-corrected chi connectivity index (χ2v) is 3.17. The van der Waals surface area contributed by atoms with Crippen molar-refractivity contribution in [1.29, 1.82) is 0 Å². The summed E-state index contributed by atoms with van der Waals surface area (Å²) in [7, 11) is 0. The summed E-state index contributed by atoms with van der Waals surface area (Å²) in [5.41, 5.74) is 2.91. The second kappa shape index (κ2) is 4.21. The van der Waals surface area contributed by atoms with Crippen LogP contribution in [0.1, 0.15) is 30.3 Å². The first-order valence-electron chi connectivity index (χ1n) is 4.60. The van der Waals surface area contributed by atoms with E-state index in [1.165, 1.54) is 0 Å². The smallest absolute Gasteiger partial charge is 0.147 e. The van der Waals surface area contributed by atoms with Gasteiger partial charge in [0.1, 0.15) is 11.4 Å². The first kappa shape index (κ1) is 9.96. The highest BCUT2D eigenvalue weighted by atomic mass is 16.5. The molecule has 0 aliphatic rings. The summed E-state index contributed by atoms with van der Waals surface area (Å²) >= 11 is 0. The Morgan fingerprint density at radius 3 is 2.31 bits per heavy atom. The Hall–Kier alpha value is -1.12. The van der Waals surface area contributed by atoms with E-state index in [1.807, 2.05) is 20.8 Å². The molecule has 0 unspecified atom stereocenters. The van der Waals surface area contributed by atoms with E-state index >= 15 is 0 Å². The predicted octanol–water partition coefficient (Wildman–Crippen LogP) is 2.19. The molecule has 13 heavy (non-hydrogen) atoms. The monoisotopic (exact) mass is 180 g/mol. The van der Waals surface area contributed by atoms with Gasteiger partial charge in [0.05, 0.1) is 12.3 Å². The van der Waals surface area contributed by atoms with Gasteiger partial charge in [-0.3, -0.25) is 0 Å². The minimum absolute atomic E-state index is 0.743. The normalized spacial score (nSPS) is 10.2. The van der Waals surface area contributed by atoms with E-state index < -0.39 is 0 Å². The average molecular weight is 180 g/mol. The van der Waals surface area contributed by atoms with Crippen molar-refractivity contribution in [2.45, 2.75) is 34.1 Å². The lowest BCUT2D eigenvalue weighted by atomic mass is 10.2. The minimum Gasteiger partial charge on any atom is -0.491 e. The van der Waals surface area contributed by atoms with Gasteiger partial charge in [0.2, 0.25) is 0 Å². The van der Waals surface area contributed by atoms with Gasteiger partial charge in [-0.05, 0) is 27.2 Å². The van der Waals surface area contributed by atoms with Crippen LogP contribution >= 0.6 is 0 Å². The lowest BCUT2D eigenvalue weighted by molar-refractivity contribution is 0.310. The quantitative estimate of drug-likeness (QED) is 0.715. The lowest BCUT2D eigenvalue weighted by Gasteiger charge is -2.10. The van der Waals surface area contributed by atoms with Crippen LogP contribution in [0.15, 0.2) is 0 Å². The molecule has 0 saturated heterocycles. The van der Waals surface area contributed by atoms with Crippen LogP contribution in [0.2, 0.25) is 0 Å². The summed E-state index contributed by atoms with van der Waals surface area (Å²) in [4.78, 5) is 0. The largest absolute Gasteiger partial charge is 0.491 e. The molecule has 0 atom stereocenters. The van der Waals surface area contributed by atoms with Crippen LogP contribution in [-0.2, 0) is 0 Å². The Morgan fingerprint density at radius 1 is 1.08 bits per heavy atom. The van der Waals surface area contributed by atoms with E-state index in [4.69, 9.17) is 4.74 Å². The maximum Gasteiger partial charge on any atom is 0.147 e. The first-order chi connectivity index (χ1) is 6.16. The summed E-state index contributed by atoms with van der Waals surface area (Å²) in [6, 6.07) is 0. The number of aryl methyl sites for hydroxylation is 2. The number of nitrogens with zero attached hydrogens (tertiary/aromatic N) is 2. The van der Waals surface area contributed by atoms with Gasteiger partial charge in [-0.25, -0.2) is 0 Å². The fraction of sp³-hybridized carbons (Fsp3) is 0.600. The lowest BCUT2D eigenvalue weighted by Crippen LogP contribution is -2.04. The molecule has 1 aromatic heterocycles. The Labute approximate surface area is 79.1 Å². The van der Waals surface area contributed by atoms with Crippen LogP contribution in [0.25, 0.3) is 0 Å². The van der Waals surface area contributed by atoms with Gasteiger partial charge in [0, 0.05) is 5.56 Å². The van der Waals surface area contributed by atoms with Crippen molar-refractivity contribution in [3.05, 3.63) is 17.0 Å². The number of hydrogen-bond acceptors (Lipinski definition) is 3. The Kier molecular flexibility index (Phi) is 3.23. The number of rotatable bonds is 3. The third-order valence-corrected chi connectivity index (χ3v) is 2.01. The minimum atomic E-state index is 0.743. The molecule has 0 aliphatic carbocycles. The standard InChI is InChI=1S/C10H16N2O/c1-5-6-13-10-7(2)8(3)11-12-9(10)4/h5-6H2,1-4H3. The summed E-state index contributed by atoms with van der Waals surface area (Å²) < 4.78 is 5.60. The van der Waals surface area contributed by atoms with Crippen molar-refractivity contribution in [2.75, 3.05) is 6.61 Å². The topological polar surface area (TPSA) is 35.0 Å². The molecule has 0 amide bonds. The molecule has 72 valence electrons. The molecule has 3 heteroatoms. The maximum atomic E-state index is 5.60. The predicted molar refractivity (Wildman–Crippen MR) is 52.0 cm³/mol. The van der Waals surface area contributed by atoms with Crippen LogP contribution < -0.4 is 4.74 Å². The molecule has 1 heterocycles. The molecular formula is C10H16N2O. The highest BCUT2D eigenvalue weighted by Gasteiger charge is 2.07. The molecule has 0 spiro atoms. The van der Waals surface area contributed by atoms with Crippen molar-refractivity contribution >= 4 is 0 Å². The molecule has 1 rings (SSSR count). The van der Waals surface area contributed by atoms with E-state index in [0.29, 0.717) is 0 Å². The van der Waals surface area contributed by atoms with E-state index in [0.717, 1.165) is 35.7 Å². The second-order valence-electron chi connectivity index (χ2n) is 3.17. The molecular weight excluding hydrogens is 164 g/mol. The molecule has 0 radical (unpaired) electrons. The zero-order valence-corrected chi connectivity index (χ0v) is 8.72. The average Bonchev–Trinajstić information content (AvgIpc) is 2.12. The Morgan fingerprint density at radius 2 is 1.69 bits per heavy atom. The van der Waals surface area contributed by atoms with Crippen LogP contribution in [0.5, 0.6) is 5.75 Å². The van der Waals surface area contributed by atoms with E-state index in [2.05, 4.69) is 17.1 Å². The molecule has 0 fully saturated rings. The SMILES string of the molecule is CCCOc1c(C)nnc(C)c1C. The third kappa shape index (κ3) is 2.17. The van der Waals surface area contributed by atoms with Gasteiger partial charge in [0.25, 0.3) is 0 Å². The van der Waals surface area contributed by atoms with Crippen LogP contribution in [-0.4, -0.2) is 16.8 Å². The molecule has 0 aliphatic heterocycles. The van der Waals surface area contributed by atoms with Crippen molar-refractivity contribution in [1.82, 2.24) is 10.2 Å². The van der Waals surface area contributed by atoms with Crippen molar-refractivity contribution < 1.29 is 4.74 Å². The first-order valence-corrected chi connectivity index (χ1v) is 4.60. The number of aromatic nitrogens is 2. The summed E-state index contributed by atoms with van der Waals surface area (Å²) in [5.74, 6) is 0.898.